The molecule has 0 amide bonds. The smallest absolute Gasteiger partial charge is 0.155 e. The van der Waals surface area contributed by atoms with E-state index in [-0.39, 0.29) is 5.92 Å². The molecule has 0 aromatic heterocycles. The molecule has 0 saturated carbocycles. The van der Waals surface area contributed by atoms with E-state index in [1.165, 1.54) is 60.8 Å². The van der Waals surface area contributed by atoms with E-state index in [0.717, 1.165) is 52.0 Å². The average Bonchev–Trinajstić information content (AvgIpc) is 3.38. The van der Waals surface area contributed by atoms with Crippen LogP contribution in [0.1, 0.15) is 29.0 Å². The van der Waals surface area contributed by atoms with E-state index < -0.39 is 0 Å². The third-order valence-electron chi connectivity index (χ3n) is 13.0. The molecule has 0 saturated heterocycles. The highest BCUT2D eigenvalue weighted by Crippen LogP contribution is 2.56. The van der Waals surface area contributed by atoms with Gasteiger partial charge in [0.1, 0.15) is 5.75 Å². The SMILES string of the molecule is C1=Cc2ccc(N(c3ccc(-c4ccccc4)cc3)c3cccc4ccccc34)c3c2C(C1)c1ccc(N(c2ccc(-c4ccccc4)cc2)c2ccc(-c4ccccc4)cc2)cc1O3. The van der Waals surface area contributed by atoms with Crippen molar-refractivity contribution in [3.05, 3.63) is 259 Å². The van der Waals surface area contributed by atoms with Gasteiger partial charge in [0.05, 0.1) is 11.4 Å². The summed E-state index contributed by atoms with van der Waals surface area (Å²) in [7, 11) is 0. The monoisotopic (exact) mass is 832 g/mol. The minimum Gasteiger partial charge on any atom is -0.454 e. The molecule has 3 nitrogen and oxygen atoms in total. The van der Waals surface area contributed by atoms with Crippen molar-refractivity contribution < 1.29 is 4.74 Å². The van der Waals surface area contributed by atoms with Crippen molar-refractivity contribution >= 4 is 51.0 Å². The highest BCUT2D eigenvalue weighted by atomic mass is 16.5. The second-order valence-electron chi connectivity index (χ2n) is 16.8. The second kappa shape index (κ2) is 16.4. The largest absolute Gasteiger partial charge is 0.454 e. The summed E-state index contributed by atoms with van der Waals surface area (Å²) in [6.07, 6.45) is 5.47. The normalized spacial score (nSPS) is 13.4. The topological polar surface area (TPSA) is 15.7 Å². The lowest BCUT2D eigenvalue weighted by Crippen LogP contribution is -2.19. The van der Waals surface area contributed by atoms with E-state index in [9.17, 15) is 0 Å². The Bertz CT molecular complexity index is 3260. The number of allylic oxidation sites excluding steroid dienone is 1. The summed E-state index contributed by atoms with van der Waals surface area (Å²) in [6.45, 7) is 0. The van der Waals surface area contributed by atoms with Crippen LogP contribution in [0.4, 0.5) is 34.1 Å². The van der Waals surface area contributed by atoms with Crippen molar-refractivity contribution in [3.8, 4) is 44.9 Å². The molecule has 0 bridgehead atoms. The quantitative estimate of drug-likeness (QED) is 0.144. The Morgan fingerprint density at radius 3 is 1.46 bits per heavy atom. The molecule has 308 valence electrons. The first-order valence-corrected chi connectivity index (χ1v) is 22.4. The van der Waals surface area contributed by atoms with Gasteiger partial charge >= 0.3 is 0 Å². The van der Waals surface area contributed by atoms with Crippen LogP contribution in [0.15, 0.2) is 243 Å². The summed E-state index contributed by atoms with van der Waals surface area (Å²) in [5, 5.41) is 2.36. The number of rotatable bonds is 9. The van der Waals surface area contributed by atoms with Crippen LogP contribution in [-0.4, -0.2) is 0 Å². The summed E-state index contributed by atoms with van der Waals surface area (Å²) in [6, 6.07) is 85.0. The summed E-state index contributed by atoms with van der Waals surface area (Å²) in [5.74, 6) is 1.91. The van der Waals surface area contributed by atoms with Gasteiger partial charge in [-0.15, -0.1) is 0 Å². The van der Waals surface area contributed by atoms with Gasteiger partial charge in [-0.25, -0.2) is 0 Å². The van der Waals surface area contributed by atoms with Gasteiger partial charge in [-0.05, 0) is 105 Å². The molecule has 0 spiro atoms. The van der Waals surface area contributed by atoms with Crippen LogP contribution >= 0.6 is 0 Å². The zero-order chi connectivity index (χ0) is 43.1. The van der Waals surface area contributed by atoms with E-state index in [1.54, 1.807) is 0 Å². The molecule has 1 atom stereocenters. The molecular formula is C62H44N2O. The van der Waals surface area contributed by atoms with Crippen molar-refractivity contribution in [2.45, 2.75) is 12.3 Å². The van der Waals surface area contributed by atoms with E-state index in [2.05, 4.69) is 259 Å². The minimum absolute atomic E-state index is 0.140. The first-order chi connectivity index (χ1) is 32.2. The van der Waals surface area contributed by atoms with Gasteiger partial charge in [-0.2, -0.15) is 0 Å². The van der Waals surface area contributed by atoms with Crippen LogP contribution in [0, 0.1) is 0 Å². The molecule has 0 radical (unpaired) electrons. The van der Waals surface area contributed by atoms with Crippen LogP contribution in [0.25, 0.3) is 50.2 Å². The molecule has 1 unspecified atom stereocenters. The molecule has 10 aromatic carbocycles. The fraction of sp³-hybridized carbons (Fsp3) is 0.0323. The number of nitrogens with zero attached hydrogens (tertiary/aromatic N) is 2. The Labute approximate surface area is 380 Å². The number of anilines is 6. The number of benzene rings is 10. The predicted octanol–water partition coefficient (Wildman–Crippen LogP) is 17.4. The maximum atomic E-state index is 7.40. The Morgan fingerprint density at radius 2 is 0.877 bits per heavy atom. The Balaban J connectivity index is 0.995. The van der Waals surface area contributed by atoms with Gasteiger partial charge in [-0.1, -0.05) is 188 Å². The van der Waals surface area contributed by atoms with Crippen molar-refractivity contribution in [3.63, 3.8) is 0 Å². The number of fused-ring (bicyclic) bond motifs is 3. The van der Waals surface area contributed by atoms with Gasteiger partial charge < -0.3 is 14.5 Å². The van der Waals surface area contributed by atoms with Gasteiger partial charge in [0.25, 0.3) is 0 Å². The lowest BCUT2D eigenvalue weighted by atomic mass is 9.79. The highest BCUT2D eigenvalue weighted by Gasteiger charge is 2.35. The summed E-state index contributed by atoms with van der Waals surface area (Å²) in [5.41, 5.74) is 17.1. The summed E-state index contributed by atoms with van der Waals surface area (Å²) >= 11 is 0. The third kappa shape index (κ3) is 7.04. The van der Waals surface area contributed by atoms with Gasteiger partial charge in [0.2, 0.25) is 0 Å². The van der Waals surface area contributed by atoms with Gasteiger partial charge in [0, 0.05) is 51.2 Å². The van der Waals surface area contributed by atoms with Crippen molar-refractivity contribution in [2.24, 2.45) is 0 Å². The Hall–Kier alpha value is -8.40. The van der Waals surface area contributed by atoms with Crippen molar-refractivity contribution in [2.75, 3.05) is 9.80 Å². The average molecular weight is 833 g/mol. The summed E-state index contributed by atoms with van der Waals surface area (Å²) < 4.78 is 7.40. The highest BCUT2D eigenvalue weighted by molar-refractivity contribution is 6.00. The summed E-state index contributed by atoms with van der Waals surface area (Å²) in [4.78, 5) is 4.74. The van der Waals surface area contributed by atoms with E-state index in [0.29, 0.717) is 0 Å². The van der Waals surface area contributed by atoms with Crippen LogP contribution in [0.2, 0.25) is 0 Å². The molecule has 1 aliphatic heterocycles. The fourth-order valence-corrected chi connectivity index (χ4v) is 9.83. The van der Waals surface area contributed by atoms with E-state index in [4.69, 9.17) is 4.74 Å². The lowest BCUT2D eigenvalue weighted by molar-refractivity contribution is 0.446. The Kier molecular flexibility index (Phi) is 9.65. The lowest BCUT2D eigenvalue weighted by Gasteiger charge is -2.36. The first kappa shape index (κ1) is 38.3. The minimum atomic E-state index is 0.140. The molecule has 3 heteroatoms. The molecule has 65 heavy (non-hydrogen) atoms. The third-order valence-corrected chi connectivity index (χ3v) is 13.0. The molecular weight excluding hydrogens is 789 g/mol. The molecule has 0 fully saturated rings. The molecule has 10 aromatic rings. The van der Waals surface area contributed by atoms with Crippen LogP contribution in [-0.2, 0) is 0 Å². The molecule has 1 aliphatic carbocycles. The van der Waals surface area contributed by atoms with Crippen LogP contribution in [0.3, 0.4) is 0 Å². The zero-order valence-electron chi connectivity index (χ0n) is 35.8. The maximum absolute atomic E-state index is 7.40. The number of hydrogen-bond donors (Lipinski definition) is 0. The standard InChI is InChI=1S/C62H44N2O/c1-4-14-43(15-5-1)46-26-33-51(34-27-46)63(52-35-28-47(29-36-52)44-16-6-2-7-17-44)54-39-40-56-57-24-12-22-50-32-41-59(62(61(50)57)65-60(56)42-54)64(58-25-13-21-49-20-10-11-23-55(49)58)53-37-30-48(31-38-53)45-18-8-3-9-19-45/h1-23,25-42,57H,24H2. The second-order valence-corrected chi connectivity index (χ2v) is 16.8. The first-order valence-electron chi connectivity index (χ1n) is 22.4. The molecule has 0 N–H and O–H groups in total. The Morgan fingerprint density at radius 1 is 0.385 bits per heavy atom. The maximum Gasteiger partial charge on any atom is 0.155 e. The van der Waals surface area contributed by atoms with Crippen LogP contribution < -0.4 is 14.5 Å². The van der Waals surface area contributed by atoms with E-state index in [1.807, 2.05) is 0 Å². The van der Waals surface area contributed by atoms with Crippen molar-refractivity contribution in [1.29, 1.82) is 0 Å². The number of hydrogen-bond acceptors (Lipinski definition) is 3. The molecule has 2 aliphatic rings. The van der Waals surface area contributed by atoms with Gasteiger partial charge in [-0.3, -0.25) is 0 Å². The van der Waals surface area contributed by atoms with E-state index >= 15 is 0 Å². The van der Waals surface area contributed by atoms with Crippen molar-refractivity contribution in [1.82, 2.24) is 0 Å². The predicted molar refractivity (Wildman–Crippen MR) is 272 cm³/mol. The number of ether oxygens (including phenoxy) is 1. The zero-order valence-corrected chi connectivity index (χ0v) is 35.8. The fourth-order valence-electron chi connectivity index (χ4n) is 9.83. The van der Waals surface area contributed by atoms with Crippen LogP contribution in [0.5, 0.6) is 11.5 Å². The molecule has 12 rings (SSSR count). The van der Waals surface area contributed by atoms with Gasteiger partial charge in [0.15, 0.2) is 5.75 Å². The molecule has 1 heterocycles.